The van der Waals surface area contributed by atoms with E-state index in [9.17, 15) is 0 Å². The summed E-state index contributed by atoms with van der Waals surface area (Å²) in [7, 11) is 0. The van der Waals surface area contributed by atoms with Crippen LogP contribution in [0.5, 0.6) is 0 Å². The Morgan fingerprint density at radius 2 is 1.81 bits per heavy atom. The first kappa shape index (κ1) is 9.16. The third kappa shape index (κ3) is 1.39. The molecule has 78 valence electrons. The summed E-state index contributed by atoms with van der Waals surface area (Å²) in [5, 5.41) is 0. The van der Waals surface area contributed by atoms with Crippen molar-refractivity contribution in [1.29, 1.82) is 0 Å². The Kier molecular flexibility index (Phi) is 2.00. The standard InChI is InChI=1S/C14H12N2/c1-11-7-8-14-15-9-13(16(14)10-11)12-5-3-2-4-6-12/h2-10H,1H3. The maximum absolute atomic E-state index is 4.40. The molecule has 3 aromatic rings. The topological polar surface area (TPSA) is 17.3 Å². The maximum atomic E-state index is 4.40. The number of imidazole rings is 1. The number of hydrogen-bond donors (Lipinski definition) is 0. The number of hydrogen-bond acceptors (Lipinski definition) is 1. The Hall–Kier alpha value is -2.09. The molecule has 0 spiro atoms. The molecule has 0 saturated heterocycles. The molecule has 2 nitrogen and oxygen atoms in total. The minimum absolute atomic E-state index is 0.990. The lowest BCUT2D eigenvalue weighted by atomic mass is 10.2. The highest BCUT2D eigenvalue weighted by atomic mass is 15.0. The van der Waals surface area contributed by atoms with E-state index in [4.69, 9.17) is 0 Å². The van der Waals surface area contributed by atoms with Crippen LogP contribution in [-0.4, -0.2) is 9.38 Å². The highest BCUT2D eigenvalue weighted by molar-refractivity contribution is 5.63. The lowest BCUT2D eigenvalue weighted by Crippen LogP contribution is -1.88. The Bertz CT molecular complexity index is 624. The summed E-state index contributed by atoms with van der Waals surface area (Å²) < 4.78 is 2.13. The lowest BCUT2D eigenvalue weighted by molar-refractivity contribution is 1.16. The normalized spacial score (nSPS) is 10.8. The van der Waals surface area contributed by atoms with Crippen LogP contribution in [0.1, 0.15) is 5.56 Å². The van der Waals surface area contributed by atoms with E-state index in [0.29, 0.717) is 0 Å². The summed E-state index contributed by atoms with van der Waals surface area (Å²) >= 11 is 0. The second kappa shape index (κ2) is 3.49. The molecule has 0 aliphatic rings. The fourth-order valence-corrected chi connectivity index (χ4v) is 1.91. The number of nitrogens with zero attached hydrogens (tertiary/aromatic N) is 2. The van der Waals surface area contributed by atoms with Crippen LogP contribution in [0.4, 0.5) is 0 Å². The van der Waals surface area contributed by atoms with E-state index in [1.54, 1.807) is 0 Å². The van der Waals surface area contributed by atoms with Gasteiger partial charge in [0.05, 0.1) is 11.9 Å². The van der Waals surface area contributed by atoms with Gasteiger partial charge in [-0.25, -0.2) is 4.98 Å². The zero-order valence-corrected chi connectivity index (χ0v) is 9.09. The number of benzene rings is 1. The fourth-order valence-electron chi connectivity index (χ4n) is 1.91. The van der Waals surface area contributed by atoms with Crippen molar-refractivity contribution in [3.05, 3.63) is 60.4 Å². The molecule has 0 amide bonds. The van der Waals surface area contributed by atoms with Crippen molar-refractivity contribution in [2.75, 3.05) is 0 Å². The van der Waals surface area contributed by atoms with E-state index in [-0.39, 0.29) is 0 Å². The van der Waals surface area contributed by atoms with Gasteiger partial charge in [0.2, 0.25) is 0 Å². The van der Waals surface area contributed by atoms with E-state index in [0.717, 1.165) is 11.3 Å². The largest absolute Gasteiger partial charge is 0.299 e. The van der Waals surface area contributed by atoms with Crippen LogP contribution in [0, 0.1) is 6.92 Å². The molecule has 2 heterocycles. The van der Waals surface area contributed by atoms with Crippen molar-refractivity contribution in [3.63, 3.8) is 0 Å². The SMILES string of the molecule is Cc1ccc2ncc(-c3ccccc3)n2c1. The van der Waals surface area contributed by atoms with Gasteiger partial charge < -0.3 is 0 Å². The number of aromatic nitrogens is 2. The Morgan fingerprint density at radius 1 is 1.00 bits per heavy atom. The average Bonchev–Trinajstić information content (AvgIpc) is 2.73. The van der Waals surface area contributed by atoms with E-state index in [2.05, 4.69) is 40.7 Å². The third-order valence-electron chi connectivity index (χ3n) is 2.72. The molecule has 0 N–H and O–H groups in total. The zero-order valence-electron chi connectivity index (χ0n) is 9.09. The number of rotatable bonds is 1. The van der Waals surface area contributed by atoms with Crippen LogP contribution in [0.15, 0.2) is 54.9 Å². The molecule has 1 aromatic carbocycles. The second-order valence-electron chi connectivity index (χ2n) is 3.94. The predicted octanol–water partition coefficient (Wildman–Crippen LogP) is 3.31. The van der Waals surface area contributed by atoms with Crippen LogP contribution in [0.3, 0.4) is 0 Å². The van der Waals surface area contributed by atoms with Crippen LogP contribution in [0.2, 0.25) is 0 Å². The summed E-state index contributed by atoms with van der Waals surface area (Å²) in [5.41, 5.74) is 4.56. The number of fused-ring (bicyclic) bond motifs is 1. The minimum atomic E-state index is 0.990. The van der Waals surface area contributed by atoms with Crippen molar-refractivity contribution >= 4 is 5.65 Å². The van der Waals surface area contributed by atoms with Crippen LogP contribution >= 0.6 is 0 Å². The van der Waals surface area contributed by atoms with Gasteiger partial charge in [-0.15, -0.1) is 0 Å². The van der Waals surface area contributed by atoms with E-state index in [1.807, 2.05) is 30.5 Å². The molecule has 0 aliphatic heterocycles. The Balaban J connectivity index is 2.29. The molecule has 16 heavy (non-hydrogen) atoms. The summed E-state index contributed by atoms with van der Waals surface area (Å²) in [4.78, 5) is 4.40. The molecular weight excluding hydrogens is 196 g/mol. The lowest BCUT2D eigenvalue weighted by Gasteiger charge is -2.02. The van der Waals surface area contributed by atoms with Gasteiger partial charge in [-0.1, -0.05) is 36.4 Å². The molecule has 0 atom stereocenters. The smallest absolute Gasteiger partial charge is 0.137 e. The van der Waals surface area contributed by atoms with E-state index >= 15 is 0 Å². The van der Waals surface area contributed by atoms with Crippen LogP contribution in [0.25, 0.3) is 16.9 Å². The highest BCUT2D eigenvalue weighted by Gasteiger charge is 2.04. The molecular formula is C14H12N2. The van der Waals surface area contributed by atoms with Gasteiger partial charge in [-0.3, -0.25) is 4.40 Å². The first-order chi connectivity index (χ1) is 7.84. The second-order valence-corrected chi connectivity index (χ2v) is 3.94. The summed E-state index contributed by atoms with van der Waals surface area (Å²) in [5.74, 6) is 0. The van der Waals surface area contributed by atoms with E-state index in [1.165, 1.54) is 11.1 Å². The molecule has 0 aliphatic carbocycles. The van der Waals surface area contributed by atoms with Gasteiger partial charge in [-0.05, 0) is 18.6 Å². The summed E-state index contributed by atoms with van der Waals surface area (Å²) in [6.45, 7) is 2.09. The quantitative estimate of drug-likeness (QED) is 0.599. The average molecular weight is 208 g/mol. The number of pyridine rings is 1. The maximum Gasteiger partial charge on any atom is 0.137 e. The molecule has 0 unspecified atom stereocenters. The van der Waals surface area contributed by atoms with Crippen molar-refractivity contribution in [2.24, 2.45) is 0 Å². The predicted molar refractivity (Wildman–Crippen MR) is 65.4 cm³/mol. The molecule has 0 saturated carbocycles. The Labute approximate surface area is 94.2 Å². The molecule has 0 bridgehead atoms. The number of aryl methyl sites for hydroxylation is 1. The zero-order chi connectivity index (χ0) is 11.0. The molecule has 2 aromatic heterocycles. The van der Waals surface area contributed by atoms with Crippen molar-refractivity contribution in [1.82, 2.24) is 9.38 Å². The van der Waals surface area contributed by atoms with Gasteiger partial charge in [0, 0.05) is 11.8 Å². The first-order valence-corrected chi connectivity index (χ1v) is 5.34. The van der Waals surface area contributed by atoms with Gasteiger partial charge in [0.25, 0.3) is 0 Å². The molecule has 2 heteroatoms. The highest BCUT2D eigenvalue weighted by Crippen LogP contribution is 2.20. The summed E-state index contributed by atoms with van der Waals surface area (Å²) in [6, 6.07) is 14.4. The monoisotopic (exact) mass is 208 g/mol. The van der Waals surface area contributed by atoms with Gasteiger partial charge in [0.1, 0.15) is 5.65 Å². The van der Waals surface area contributed by atoms with Gasteiger partial charge in [-0.2, -0.15) is 0 Å². The van der Waals surface area contributed by atoms with Crippen molar-refractivity contribution < 1.29 is 0 Å². The Morgan fingerprint density at radius 3 is 2.62 bits per heavy atom. The third-order valence-corrected chi connectivity index (χ3v) is 2.72. The van der Waals surface area contributed by atoms with Gasteiger partial charge in [0.15, 0.2) is 0 Å². The molecule has 0 fully saturated rings. The van der Waals surface area contributed by atoms with Crippen molar-refractivity contribution in [3.8, 4) is 11.3 Å². The van der Waals surface area contributed by atoms with Crippen molar-refractivity contribution in [2.45, 2.75) is 6.92 Å². The first-order valence-electron chi connectivity index (χ1n) is 5.34. The fraction of sp³-hybridized carbons (Fsp3) is 0.0714. The molecule has 3 rings (SSSR count). The van der Waals surface area contributed by atoms with Crippen LogP contribution < -0.4 is 0 Å². The minimum Gasteiger partial charge on any atom is -0.299 e. The molecule has 0 radical (unpaired) electrons. The van der Waals surface area contributed by atoms with Crippen LogP contribution in [-0.2, 0) is 0 Å². The van der Waals surface area contributed by atoms with Gasteiger partial charge >= 0.3 is 0 Å². The van der Waals surface area contributed by atoms with E-state index < -0.39 is 0 Å². The summed E-state index contributed by atoms with van der Waals surface area (Å²) in [6.07, 6.45) is 4.04.